The van der Waals surface area contributed by atoms with Crippen LogP contribution >= 0.6 is 0 Å². The number of nitrogens with two attached hydrogens (primary N) is 1. The Morgan fingerprint density at radius 3 is 2.59 bits per heavy atom. The normalized spacial score (nSPS) is 10.3. The molecule has 4 heteroatoms. The molecule has 0 aliphatic rings. The number of nitrogen functional groups attached to an aromatic ring is 1. The molecule has 2 aromatic rings. The summed E-state index contributed by atoms with van der Waals surface area (Å²) < 4.78 is 26.4. The summed E-state index contributed by atoms with van der Waals surface area (Å²) in [5, 5.41) is 2.83. The zero-order valence-corrected chi connectivity index (χ0v) is 9.30. The second-order valence-electron chi connectivity index (χ2n) is 3.77. The molecule has 2 aromatic carbocycles. The highest BCUT2D eigenvalue weighted by atomic mass is 19.1. The maximum absolute atomic E-state index is 13.4. The van der Waals surface area contributed by atoms with Gasteiger partial charge in [0.05, 0.1) is 5.69 Å². The number of hydrogen-bond donors (Lipinski definition) is 2. The topological polar surface area (TPSA) is 38.0 Å². The number of halogens is 2. The van der Waals surface area contributed by atoms with Gasteiger partial charge in [0.15, 0.2) is 0 Å². The van der Waals surface area contributed by atoms with E-state index in [-0.39, 0.29) is 5.69 Å². The fraction of sp³-hybridized carbons (Fsp3) is 0.0769. The molecular formula is C13H12F2N2. The van der Waals surface area contributed by atoms with Crippen LogP contribution in [-0.4, -0.2) is 0 Å². The van der Waals surface area contributed by atoms with Crippen LogP contribution < -0.4 is 11.1 Å². The van der Waals surface area contributed by atoms with Gasteiger partial charge in [-0.05, 0) is 36.8 Å². The van der Waals surface area contributed by atoms with Crippen molar-refractivity contribution >= 4 is 17.1 Å². The molecule has 0 aromatic heterocycles. The molecular weight excluding hydrogens is 222 g/mol. The summed E-state index contributed by atoms with van der Waals surface area (Å²) in [6.45, 7) is 1.81. The summed E-state index contributed by atoms with van der Waals surface area (Å²) in [6.07, 6.45) is 0. The highest BCUT2D eigenvalue weighted by molar-refractivity contribution is 5.69. The van der Waals surface area contributed by atoms with Crippen LogP contribution in [0, 0.1) is 18.6 Å². The van der Waals surface area contributed by atoms with Gasteiger partial charge in [-0.25, -0.2) is 8.78 Å². The zero-order chi connectivity index (χ0) is 12.4. The maximum Gasteiger partial charge on any atom is 0.146 e. The van der Waals surface area contributed by atoms with Crippen LogP contribution in [0.5, 0.6) is 0 Å². The standard InChI is InChI=1S/C13H12F2N2/c1-8-11(16)3-2-4-12(8)17-13-7-9(14)5-6-10(13)15/h2-7,17H,16H2,1H3. The van der Waals surface area contributed by atoms with Crippen molar-refractivity contribution in [1.82, 2.24) is 0 Å². The molecule has 0 atom stereocenters. The lowest BCUT2D eigenvalue weighted by molar-refractivity contribution is 0.603. The van der Waals surface area contributed by atoms with E-state index in [9.17, 15) is 8.78 Å². The van der Waals surface area contributed by atoms with Crippen molar-refractivity contribution in [2.45, 2.75) is 6.92 Å². The fourth-order valence-electron chi connectivity index (χ4n) is 1.53. The van der Waals surface area contributed by atoms with E-state index in [1.807, 2.05) is 6.92 Å². The first-order chi connectivity index (χ1) is 8.08. The van der Waals surface area contributed by atoms with Gasteiger partial charge in [-0.3, -0.25) is 0 Å². The first kappa shape index (κ1) is 11.4. The molecule has 0 radical (unpaired) electrons. The zero-order valence-electron chi connectivity index (χ0n) is 9.30. The molecule has 3 N–H and O–H groups in total. The molecule has 0 saturated heterocycles. The molecule has 2 rings (SSSR count). The molecule has 0 fully saturated rings. The molecule has 0 spiro atoms. The number of benzene rings is 2. The van der Waals surface area contributed by atoms with Crippen molar-refractivity contribution in [3.05, 3.63) is 53.6 Å². The molecule has 0 aliphatic carbocycles. The lowest BCUT2D eigenvalue weighted by Crippen LogP contribution is -1.99. The van der Waals surface area contributed by atoms with Gasteiger partial charge in [-0.15, -0.1) is 0 Å². The number of rotatable bonds is 2. The Kier molecular flexibility index (Phi) is 2.95. The lowest BCUT2D eigenvalue weighted by atomic mass is 10.1. The summed E-state index contributed by atoms with van der Waals surface area (Å²) in [5.74, 6) is -0.997. The van der Waals surface area contributed by atoms with Crippen LogP contribution in [0.2, 0.25) is 0 Å². The van der Waals surface area contributed by atoms with Crippen molar-refractivity contribution in [3.8, 4) is 0 Å². The third kappa shape index (κ3) is 2.36. The highest BCUT2D eigenvalue weighted by Gasteiger charge is 2.06. The second kappa shape index (κ2) is 4.41. The second-order valence-corrected chi connectivity index (χ2v) is 3.77. The SMILES string of the molecule is Cc1c(N)cccc1Nc1cc(F)ccc1F. The summed E-state index contributed by atoms with van der Waals surface area (Å²) in [7, 11) is 0. The Hall–Kier alpha value is -2.10. The Morgan fingerprint density at radius 1 is 1.06 bits per heavy atom. The van der Waals surface area contributed by atoms with E-state index in [1.165, 1.54) is 0 Å². The molecule has 0 saturated carbocycles. The van der Waals surface area contributed by atoms with E-state index >= 15 is 0 Å². The van der Waals surface area contributed by atoms with E-state index in [4.69, 9.17) is 5.73 Å². The monoisotopic (exact) mass is 234 g/mol. The fourth-order valence-corrected chi connectivity index (χ4v) is 1.53. The maximum atomic E-state index is 13.4. The Morgan fingerprint density at radius 2 is 1.82 bits per heavy atom. The quantitative estimate of drug-likeness (QED) is 0.779. The van der Waals surface area contributed by atoms with Crippen molar-refractivity contribution in [2.75, 3.05) is 11.1 Å². The van der Waals surface area contributed by atoms with Crippen molar-refractivity contribution in [1.29, 1.82) is 0 Å². The highest BCUT2D eigenvalue weighted by Crippen LogP contribution is 2.26. The number of hydrogen-bond acceptors (Lipinski definition) is 2. The van der Waals surface area contributed by atoms with Gasteiger partial charge in [-0.1, -0.05) is 6.07 Å². The minimum Gasteiger partial charge on any atom is -0.398 e. The Bertz CT molecular complexity index is 553. The summed E-state index contributed by atoms with van der Waals surface area (Å²) in [4.78, 5) is 0. The Balaban J connectivity index is 2.38. The van der Waals surface area contributed by atoms with Crippen LogP contribution in [0.15, 0.2) is 36.4 Å². The van der Waals surface area contributed by atoms with Crippen LogP contribution in [0.3, 0.4) is 0 Å². The van der Waals surface area contributed by atoms with E-state index in [2.05, 4.69) is 5.32 Å². The minimum atomic E-state index is -0.506. The Labute approximate surface area is 98.1 Å². The van der Waals surface area contributed by atoms with Gasteiger partial charge in [0.1, 0.15) is 11.6 Å². The largest absolute Gasteiger partial charge is 0.398 e. The van der Waals surface area contributed by atoms with Gasteiger partial charge in [0.2, 0.25) is 0 Å². The van der Waals surface area contributed by atoms with Gasteiger partial charge in [0, 0.05) is 17.4 Å². The lowest BCUT2D eigenvalue weighted by Gasteiger charge is -2.11. The molecule has 0 unspecified atom stereocenters. The molecule has 0 aliphatic heterocycles. The minimum absolute atomic E-state index is 0.0960. The third-order valence-corrected chi connectivity index (χ3v) is 2.57. The van der Waals surface area contributed by atoms with Crippen LogP contribution in [0.1, 0.15) is 5.56 Å². The molecule has 0 amide bonds. The van der Waals surface area contributed by atoms with Crippen LogP contribution in [0.4, 0.5) is 25.8 Å². The van der Waals surface area contributed by atoms with Crippen molar-refractivity contribution in [3.63, 3.8) is 0 Å². The van der Waals surface area contributed by atoms with E-state index in [1.54, 1.807) is 18.2 Å². The first-order valence-electron chi connectivity index (χ1n) is 5.15. The molecule has 0 bridgehead atoms. The third-order valence-electron chi connectivity index (χ3n) is 2.57. The van der Waals surface area contributed by atoms with Crippen LogP contribution in [-0.2, 0) is 0 Å². The van der Waals surface area contributed by atoms with Crippen molar-refractivity contribution < 1.29 is 8.78 Å². The van der Waals surface area contributed by atoms with Gasteiger partial charge in [0.25, 0.3) is 0 Å². The molecule has 2 nitrogen and oxygen atoms in total. The predicted octanol–water partition coefficient (Wildman–Crippen LogP) is 3.60. The summed E-state index contributed by atoms with van der Waals surface area (Å²) in [6, 6.07) is 8.53. The first-order valence-corrected chi connectivity index (χ1v) is 5.15. The number of anilines is 3. The van der Waals surface area contributed by atoms with E-state index < -0.39 is 11.6 Å². The van der Waals surface area contributed by atoms with Crippen LogP contribution in [0.25, 0.3) is 0 Å². The van der Waals surface area contributed by atoms with Gasteiger partial charge in [-0.2, -0.15) is 0 Å². The average Bonchev–Trinajstić information content (AvgIpc) is 2.30. The molecule has 17 heavy (non-hydrogen) atoms. The van der Waals surface area contributed by atoms with E-state index in [0.29, 0.717) is 11.4 Å². The predicted molar refractivity (Wildman–Crippen MR) is 65.2 cm³/mol. The average molecular weight is 234 g/mol. The number of nitrogens with one attached hydrogen (secondary N) is 1. The summed E-state index contributed by atoms with van der Waals surface area (Å²) >= 11 is 0. The molecule has 0 heterocycles. The summed E-state index contributed by atoms with van der Waals surface area (Å²) in [5.41, 5.74) is 7.90. The van der Waals surface area contributed by atoms with E-state index in [0.717, 1.165) is 23.8 Å². The molecule has 88 valence electrons. The van der Waals surface area contributed by atoms with Gasteiger partial charge < -0.3 is 11.1 Å². The smallest absolute Gasteiger partial charge is 0.146 e. The van der Waals surface area contributed by atoms with Gasteiger partial charge >= 0.3 is 0 Å². The van der Waals surface area contributed by atoms with Crippen molar-refractivity contribution in [2.24, 2.45) is 0 Å².